The van der Waals surface area contributed by atoms with Crippen molar-refractivity contribution in [2.75, 3.05) is 13.2 Å². The van der Waals surface area contributed by atoms with Crippen molar-refractivity contribution < 1.29 is 34.1 Å². The molecule has 12 nitrogen and oxygen atoms in total. The van der Waals surface area contributed by atoms with E-state index in [1.807, 2.05) is 0 Å². The van der Waals surface area contributed by atoms with Gasteiger partial charge in [-0.1, -0.05) is 12.1 Å². The van der Waals surface area contributed by atoms with Crippen LogP contribution in [0.3, 0.4) is 0 Å². The molecule has 2 aromatic carbocycles. The average Bonchev–Trinajstić information content (AvgIpc) is 2.64. The van der Waals surface area contributed by atoms with Gasteiger partial charge in [-0.05, 0) is 26.0 Å². The zero-order valence-corrected chi connectivity index (χ0v) is 14.9. The molecule has 0 N–H and O–H groups in total. The number of hydrogen-bond donors (Lipinski definition) is 0. The summed E-state index contributed by atoms with van der Waals surface area (Å²) < 4.78 is 10.4. The van der Waals surface area contributed by atoms with Crippen molar-refractivity contribution in [2.24, 2.45) is 0 Å². The molecule has 0 saturated carbocycles. The van der Waals surface area contributed by atoms with Crippen molar-refractivity contribution in [3.05, 3.63) is 61.5 Å². The quantitative estimate of drug-likeness (QED) is 0.437. The molecule has 0 aliphatic carbocycles. The zero-order chi connectivity index (χ0) is 20.7. The summed E-state index contributed by atoms with van der Waals surface area (Å²) in [6, 6.07) is 7.61. The fourth-order valence-electron chi connectivity index (χ4n) is 2.19. The molecule has 2 aromatic rings. The van der Waals surface area contributed by atoms with E-state index in [-0.39, 0.29) is 24.7 Å². The van der Waals surface area contributed by atoms with Gasteiger partial charge in [-0.2, -0.15) is 0 Å². The maximum Gasteiger partial charge on any atom is 0.489 e. The number of nitro groups is 2. The van der Waals surface area contributed by atoms with Crippen molar-refractivity contribution in [1.29, 1.82) is 0 Å². The first kappa shape index (κ1) is 20.4. The van der Waals surface area contributed by atoms with Crippen LogP contribution in [-0.4, -0.2) is 28.1 Å². The normalized spacial score (nSPS) is 10.1. The summed E-state index contributed by atoms with van der Waals surface area (Å²) in [6.45, 7) is 3.57. The van der Waals surface area contributed by atoms with E-state index in [4.69, 9.17) is 19.1 Å². The highest BCUT2D eigenvalue weighted by Crippen LogP contribution is 2.39. The monoisotopic (exact) mass is 394 g/mol. The molecule has 0 radical (unpaired) electrons. The maximum atomic E-state index is 12.2. The fourth-order valence-corrected chi connectivity index (χ4v) is 2.19. The number of nitro benzene ring substituents is 2. The number of rotatable bonds is 10. The lowest BCUT2D eigenvalue weighted by molar-refractivity contribution is -0.921. The van der Waals surface area contributed by atoms with Gasteiger partial charge in [0, 0.05) is 12.1 Å². The predicted molar refractivity (Wildman–Crippen MR) is 93.4 cm³/mol. The molecule has 0 bridgehead atoms. The zero-order valence-electron chi connectivity index (χ0n) is 14.9. The van der Waals surface area contributed by atoms with Gasteiger partial charge in [0.2, 0.25) is 0 Å². The number of hydrogen-bond acceptors (Lipinski definition) is 9. The van der Waals surface area contributed by atoms with Crippen LogP contribution >= 0.6 is 0 Å². The summed E-state index contributed by atoms with van der Waals surface area (Å²) in [6.07, 6.45) is 0. The lowest BCUT2D eigenvalue weighted by Gasteiger charge is -2.07. The van der Waals surface area contributed by atoms with Crippen molar-refractivity contribution in [3.8, 4) is 23.0 Å². The molecule has 0 saturated heterocycles. The van der Waals surface area contributed by atoms with Gasteiger partial charge in [0.25, 0.3) is 0 Å². The molecule has 0 amide bonds. The minimum absolute atomic E-state index is 0.0752. The lowest BCUT2D eigenvalue weighted by Crippen LogP contribution is -2.19. The molecule has 0 fully saturated rings. The minimum Gasteiger partial charge on any atom is -0.489 e. The molecule has 148 valence electrons. The van der Waals surface area contributed by atoms with E-state index >= 15 is 0 Å². The Morgan fingerprint density at radius 3 is 1.46 bits per heavy atom. The van der Waals surface area contributed by atoms with Crippen molar-refractivity contribution in [2.45, 2.75) is 13.8 Å². The van der Waals surface area contributed by atoms with Crippen LogP contribution in [0.5, 0.6) is 23.0 Å². The van der Waals surface area contributed by atoms with Gasteiger partial charge in [-0.3, -0.25) is 20.2 Å². The second-order valence-corrected chi connectivity index (χ2v) is 5.00. The van der Waals surface area contributed by atoms with Crippen LogP contribution in [-0.2, 0) is 0 Å². The lowest BCUT2D eigenvalue weighted by atomic mass is 10.3. The van der Waals surface area contributed by atoms with E-state index in [0.717, 1.165) is 12.1 Å². The third-order valence-corrected chi connectivity index (χ3v) is 3.24. The fraction of sp³-hybridized carbons (Fsp3) is 0.250. The van der Waals surface area contributed by atoms with Crippen molar-refractivity contribution >= 4 is 11.4 Å². The highest BCUT2D eigenvalue weighted by Gasteiger charge is 2.34. The summed E-state index contributed by atoms with van der Waals surface area (Å²) in [5, 5.41) is 21.9. The number of nitrogens with zero attached hydrogens (tertiary/aromatic N) is 3. The Balaban J connectivity index is 2.38. The van der Waals surface area contributed by atoms with Crippen molar-refractivity contribution in [1.82, 2.24) is 0 Å². The molecule has 12 heteroatoms. The first-order chi connectivity index (χ1) is 13.4. The Hall–Kier alpha value is -3.96. The number of para-hydroxylation sites is 2. The van der Waals surface area contributed by atoms with Gasteiger partial charge in [0.15, 0.2) is 11.5 Å². The Bertz CT molecular complexity index is 829. The van der Waals surface area contributed by atoms with E-state index in [1.165, 1.54) is 24.3 Å². The Morgan fingerprint density at radius 1 is 0.750 bits per heavy atom. The summed E-state index contributed by atoms with van der Waals surface area (Å²) in [4.78, 5) is 42.8. The van der Waals surface area contributed by atoms with Gasteiger partial charge < -0.3 is 9.47 Å². The third kappa shape index (κ3) is 4.60. The van der Waals surface area contributed by atoms with Crippen molar-refractivity contribution in [3.63, 3.8) is 0 Å². The molecular formula is C16H16N3O9+. The Morgan fingerprint density at radius 2 is 1.14 bits per heavy atom. The van der Waals surface area contributed by atoms with E-state index in [2.05, 4.69) is 0 Å². The summed E-state index contributed by atoms with van der Waals surface area (Å²) in [7, 11) is 0. The molecule has 2 rings (SSSR count). The van der Waals surface area contributed by atoms with Gasteiger partial charge in [0.05, 0.1) is 23.1 Å². The van der Waals surface area contributed by atoms with E-state index < -0.39 is 37.8 Å². The highest BCUT2D eigenvalue weighted by atomic mass is 17.0. The predicted octanol–water partition coefficient (Wildman–Crippen LogP) is 3.37. The molecule has 0 heterocycles. The first-order valence-corrected chi connectivity index (χ1v) is 8.02. The highest BCUT2D eigenvalue weighted by molar-refractivity contribution is 5.56. The molecular weight excluding hydrogens is 378 g/mol. The van der Waals surface area contributed by atoms with Gasteiger partial charge in [-0.15, -0.1) is 9.68 Å². The SMILES string of the molecule is CCOc1cccc([N+](=O)[O-])c1O[N+](=O)Oc1c(OCC)cccc1[N+](=O)[O-]. The van der Waals surface area contributed by atoms with Crippen LogP contribution < -0.4 is 19.1 Å². The largest absolute Gasteiger partial charge is 0.489 e. The first-order valence-electron chi connectivity index (χ1n) is 8.02. The number of ether oxygens (including phenoxy) is 2. The standard InChI is InChI=1S/C16H16N3O9/c1-3-25-13-9-5-7-11(17(20)21)15(13)27-19(24)28-16-12(18(22)23)8-6-10-14(16)26-4-2/h5-10H,3-4H2,1-2H3/q+1. The molecule has 0 aliphatic rings. The van der Waals surface area contributed by atoms with Crippen LogP contribution in [0.2, 0.25) is 0 Å². The van der Waals surface area contributed by atoms with Crippen LogP contribution in [0.15, 0.2) is 36.4 Å². The second-order valence-electron chi connectivity index (χ2n) is 5.00. The molecule has 0 aliphatic heterocycles. The molecule has 0 aromatic heterocycles. The van der Waals surface area contributed by atoms with Crippen LogP contribution in [0.4, 0.5) is 11.4 Å². The van der Waals surface area contributed by atoms with Gasteiger partial charge in [-0.25, -0.2) is 0 Å². The summed E-state index contributed by atoms with van der Waals surface area (Å²) in [5.74, 6) is -1.18. The van der Waals surface area contributed by atoms with E-state index in [9.17, 15) is 25.1 Å². The van der Waals surface area contributed by atoms with Crippen LogP contribution in [0.1, 0.15) is 13.8 Å². The van der Waals surface area contributed by atoms with Crippen LogP contribution in [0, 0.1) is 25.1 Å². The van der Waals surface area contributed by atoms with Gasteiger partial charge in [0.1, 0.15) is 4.91 Å². The van der Waals surface area contributed by atoms with E-state index in [1.54, 1.807) is 13.8 Å². The summed E-state index contributed by atoms with van der Waals surface area (Å²) in [5.41, 5.74) is -1.11. The Labute approximate surface area is 158 Å². The molecule has 0 unspecified atom stereocenters. The van der Waals surface area contributed by atoms with E-state index in [0.29, 0.717) is 0 Å². The van der Waals surface area contributed by atoms with Crippen LogP contribution in [0.25, 0.3) is 0 Å². The second kappa shape index (κ2) is 9.12. The maximum absolute atomic E-state index is 12.2. The number of benzene rings is 2. The topological polar surface area (TPSA) is 143 Å². The third-order valence-electron chi connectivity index (χ3n) is 3.24. The molecule has 28 heavy (non-hydrogen) atoms. The Kier molecular flexibility index (Phi) is 6.63. The average molecular weight is 394 g/mol. The van der Waals surface area contributed by atoms with Gasteiger partial charge >= 0.3 is 28.0 Å². The molecule has 0 spiro atoms. The molecule has 0 atom stereocenters. The smallest absolute Gasteiger partial charge is 0.489 e. The summed E-state index contributed by atoms with van der Waals surface area (Å²) >= 11 is 0. The minimum atomic E-state index is -0.776.